The average Bonchev–Trinajstić information content (AvgIpc) is 2.52. The van der Waals surface area contributed by atoms with Crippen LogP contribution < -0.4 is 5.32 Å². The molecule has 18 heavy (non-hydrogen) atoms. The third-order valence-corrected chi connectivity index (χ3v) is 3.59. The molecule has 0 saturated carbocycles. The lowest BCUT2D eigenvalue weighted by atomic mass is 9.99. The molecule has 1 rings (SSSR count). The van der Waals surface area contributed by atoms with Crippen LogP contribution in [-0.2, 0) is 9.53 Å². The van der Waals surface area contributed by atoms with Crippen molar-refractivity contribution in [2.45, 2.75) is 38.9 Å². The first kappa shape index (κ1) is 15.4. The van der Waals surface area contributed by atoms with Gasteiger partial charge in [0.2, 0.25) is 5.91 Å². The number of carbonyl (C=O) groups is 1. The Labute approximate surface area is 110 Å². The molecule has 0 spiro atoms. The van der Waals surface area contributed by atoms with Crippen molar-refractivity contribution in [3.05, 3.63) is 0 Å². The zero-order valence-electron chi connectivity index (χ0n) is 12.3. The maximum atomic E-state index is 12.2. The fourth-order valence-electron chi connectivity index (χ4n) is 2.15. The number of likely N-dealkylation sites (N-methyl/N-ethyl adjacent to an activating group) is 1. The van der Waals surface area contributed by atoms with Crippen LogP contribution in [0.15, 0.2) is 0 Å². The molecule has 1 amide bonds. The second kappa shape index (κ2) is 6.50. The van der Waals surface area contributed by atoms with Crippen molar-refractivity contribution in [2.75, 3.05) is 40.4 Å². The van der Waals surface area contributed by atoms with Gasteiger partial charge in [0.15, 0.2) is 0 Å². The van der Waals surface area contributed by atoms with Crippen LogP contribution in [-0.4, -0.2) is 67.8 Å². The van der Waals surface area contributed by atoms with Crippen LogP contribution in [0.3, 0.4) is 0 Å². The van der Waals surface area contributed by atoms with Gasteiger partial charge in [0, 0.05) is 13.1 Å². The Morgan fingerprint density at radius 1 is 1.44 bits per heavy atom. The highest BCUT2D eigenvalue weighted by molar-refractivity contribution is 5.88. The largest absolute Gasteiger partial charge is 0.378 e. The smallest absolute Gasteiger partial charge is 0.243 e. The van der Waals surface area contributed by atoms with Crippen molar-refractivity contribution >= 4 is 5.91 Å². The van der Waals surface area contributed by atoms with Gasteiger partial charge in [-0.25, -0.2) is 0 Å². The summed E-state index contributed by atoms with van der Waals surface area (Å²) in [5, 5.41) is 3.35. The first-order valence-electron chi connectivity index (χ1n) is 6.72. The maximum absolute atomic E-state index is 12.2. The van der Waals surface area contributed by atoms with E-state index in [1.807, 2.05) is 39.8 Å². The molecule has 1 fully saturated rings. The summed E-state index contributed by atoms with van der Waals surface area (Å²) in [7, 11) is 4.04. The Kier molecular flexibility index (Phi) is 5.56. The number of rotatable bonds is 7. The lowest BCUT2D eigenvalue weighted by molar-refractivity contribution is -0.133. The Bertz CT molecular complexity index is 283. The molecule has 5 nitrogen and oxygen atoms in total. The fraction of sp³-hybridized carbons (Fsp3) is 0.923. The molecule has 1 aliphatic heterocycles. The summed E-state index contributed by atoms with van der Waals surface area (Å²) in [6, 6.07) is 0. The Balaban J connectivity index is 2.32. The minimum Gasteiger partial charge on any atom is -0.378 e. The minimum atomic E-state index is -0.400. The van der Waals surface area contributed by atoms with Crippen molar-refractivity contribution in [2.24, 2.45) is 0 Å². The summed E-state index contributed by atoms with van der Waals surface area (Å²) >= 11 is 0. The van der Waals surface area contributed by atoms with Crippen LogP contribution in [0.25, 0.3) is 0 Å². The first-order chi connectivity index (χ1) is 8.40. The number of nitrogens with one attached hydrogen (secondary N) is 1. The van der Waals surface area contributed by atoms with Crippen molar-refractivity contribution in [3.8, 4) is 0 Å². The number of nitrogens with zero attached hydrogens (tertiary/aromatic N) is 2. The molecular formula is C13H27N3O2. The normalized spacial score (nSPS) is 28.4. The second-order valence-electron chi connectivity index (χ2n) is 5.42. The monoisotopic (exact) mass is 257 g/mol. The highest BCUT2D eigenvalue weighted by Gasteiger charge is 2.44. The van der Waals surface area contributed by atoms with Crippen LogP contribution in [0.1, 0.15) is 27.2 Å². The van der Waals surface area contributed by atoms with E-state index in [0.29, 0.717) is 19.8 Å². The van der Waals surface area contributed by atoms with Crippen molar-refractivity contribution in [1.82, 2.24) is 15.1 Å². The van der Waals surface area contributed by atoms with E-state index >= 15 is 0 Å². The Hall–Kier alpha value is -0.650. The number of carbonyl (C=O) groups excluding carboxylic acids is 1. The lowest BCUT2D eigenvalue weighted by Gasteiger charge is -2.22. The summed E-state index contributed by atoms with van der Waals surface area (Å²) in [6.07, 6.45) is 0.911. The van der Waals surface area contributed by atoms with Crippen molar-refractivity contribution < 1.29 is 9.53 Å². The number of hydrogen-bond acceptors (Lipinski definition) is 4. The molecule has 5 heteroatoms. The summed E-state index contributed by atoms with van der Waals surface area (Å²) < 4.78 is 5.54. The van der Waals surface area contributed by atoms with Crippen LogP contribution in [0, 0.1) is 0 Å². The van der Waals surface area contributed by atoms with E-state index in [-0.39, 0.29) is 12.1 Å². The standard InChI is InChI=1S/C13H27N3O2/c1-6-13(3)12(17)16(11(2)14-13)8-10-18-9-7-15(4)5/h11,14H,6-10H2,1-5H3. The van der Waals surface area contributed by atoms with E-state index in [1.54, 1.807) is 0 Å². The lowest BCUT2D eigenvalue weighted by Crippen LogP contribution is -2.43. The predicted octanol–water partition coefficient (Wildman–Crippen LogP) is 0.511. The van der Waals surface area contributed by atoms with E-state index in [9.17, 15) is 4.79 Å². The Morgan fingerprint density at radius 2 is 2.11 bits per heavy atom. The quantitative estimate of drug-likeness (QED) is 0.675. The third-order valence-electron chi connectivity index (χ3n) is 3.59. The van der Waals surface area contributed by atoms with E-state index < -0.39 is 5.54 Å². The molecule has 0 aliphatic carbocycles. The molecule has 2 unspecified atom stereocenters. The molecule has 0 radical (unpaired) electrons. The summed E-state index contributed by atoms with van der Waals surface area (Å²) in [6.45, 7) is 8.92. The van der Waals surface area contributed by atoms with Crippen LogP contribution in [0.4, 0.5) is 0 Å². The van der Waals surface area contributed by atoms with Crippen LogP contribution >= 0.6 is 0 Å². The maximum Gasteiger partial charge on any atom is 0.243 e. The Morgan fingerprint density at radius 3 is 2.61 bits per heavy atom. The second-order valence-corrected chi connectivity index (χ2v) is 5.42. The molecule has 1 aliphatic rings. The van der Waals surface area contributed by atoms with Crippen molar-refractivity contribution in [1.29, 1.82) is 0 Å². The summed E-state index contributed by atoms with van der Waals surface area (Å²) in [5.74, 6) is 0.189. The molecule has 1 N–H and O–H groups in total. The van der Waals surface area contributed by atoms with E-state index in [2.05, 4.69) is 10.2 Å². The first-order valence-corrected chi connectivity index (χ1v) is 6.72. The number of hydrogen-bond donors (Lipinski definition) is 1. The van der Waals surface area contributed by atoms with Gasteiger partial charge in [-0.1, -0.05) is 6.92 Å². The molecule has 106 valence electrons. The van der Waals surface area contributed by atoms with Crippen LogP contribution in [0.2, 0.25) is 0 Å². The molecule has 0 bridgehead atoms. The van der Waals surface area contributed by atoms with Crippen LogP contribution in [0.5, 0.6) is 0 Å². The molecule has 1 heterocycles. The average molecular weight is 257 g/mol. The van der Waals surface area contributed by atoms with Gasteiger partial charge >= 0.3 is 0 Å². The van der Waals surface area contributed by atoms with Gasteiger partial charge in [0.25, 0.3) is 0 Å². The van der Waals surface area contributed by atoms with Crippen molar-refractivity contribution in [3.63, 3.8) is 0 Å². The predicted molar refractivity (Wildman–Crippen MR) is 72.4 cm³/mol. The summed E-state index contributed by atoms with van der Waals surface area (Å²) in [4.78, 5) is 16.2. The van der Waals surface area contributed by atoms with Gasteiger partial charge < -0.3 is 14.5 Å². The third kappa shape index (κ3) is 3.67. The highest BCUT2D eigenvalue weighted by Crippen LogP contribution is 2.22. The summed E-state index contributed by atoms with van der Waals surface area (Å²) in [5.41, 5.74) is -0.400. The zero-order valence-corrected chi connectivity index (χ0v) is 12.3. The molecule has 0 aromatic rings. The SMILES string of the molecule is CCC1(C)NC(C)N(CCOCCN(C)C)C1=O. The molecule has 0 aromatic heterocycles. The minimum absolute atomic E-state index is 0.0971. The van der Waals surface area contributed by atoms with E-state index in [4.69, 9.17) is 4.74 Å². The van der Waals surface area contributed by atoms with Gasteiger partial charge in [0.1, 0.15) is 0 Å². The van der Waals surface area contributed by atoms with Gasteiger partial charge in [-0.15, -0.1) is 0 Å². The molecule has 2 atom stereocenters. The number of amides is 1. The van der Waals surface area contributed by atoms with Gasteiger partial charge in [-0.3, -0.25) is 10.1 Å². The zero-order chi connectivity index (χ0) is 13.8. The van der Waals surface area contributed by atoms with E-state index in [1.165, 1.54) is 0 Å². The molecular weight excluding hydrogens is 230 g/mol. The highest BCUT2D eigenvalue weighted by atomic mass is 16.5. The van der Waals surface area contributed by atoms with Gasteiger partial charge in [-0.2, -0.15) is 0 Å². The topological polar surface area (TPSA) is 44.8 Å². The number of ether oxygens (including phenoxy) is 1. The fourth-order valence-corrected chi connectivity index (χ4v) is 2.15. The molecule has 1 saturated heterocycles. The van der Waals surface area contributed by atoms with Gasteiger partial charge in [0.05, 0.1) is 24.9 Å². The van der Waals surface area contributed by atoms with Gasteiger partial charge in [-0.05, 0) is 34.4 Å². The molecule has 0 aromatic carbocycles. The van der Waals surface area contributed by atoms with E-state index in [0.717, 1.165) is 13.0 Å².